The van der Waals surface area contributed by atoms with Gasteiger partial charge < -0.3 is 19.5 Å². The third kappa shape index (κ3) is 6.40. The summed E-state index contributed by atoms with van der Waals surface area (Å²) in [6.07, 6.45) is 0.801. The number of aryl methyl sites for hydroxylation is 1. The molecule has 0 saturated carbocycles. The van der Waals surface area contributed by atoms with E-state index in [1.54, 1.807) is 33.1 Å². The number of hydrogen-bond acceptors (Lipinski definition) is 5. The van der Waals surface area contributed by atoms with Gasteiger partial charge in [-0.3, -0.25) is 4.79 Å². The molecule has 6 heteroatoms. The van der Waals surface area contributed by atoms with Crippen LogP contribution in [0, 0.1) is 6.92 Å². The second-order valence-electron chi connectivity index (χ2n) is 6.07. The lowest BCUT2D eigenvalue weighted by Gasteiger charge is -2.12. The maximum absolute atomic E-state index is 12.0. The lowest BCUT2D eigenvalue weighted by atomic mass is 10.1. The molecule has 2 aromatic rings. The van der Waals surface area contributed by atoms with Gasteiger partial charge >= 0.3 is 0 Å². The molecule has 0 atom stereocenters. The zero-order valence-electron chi connectivity index (χ0n) is 16.3. The van der Waals surface area contributed by atoms with Crippen molar-refractivity contribution in [2.75, 3.05) is 33.6 Å². The topological polar surface area (TPSA) is 56.8 Å². The molecule has 0 fully saturated rings. The van der Waals surface area contributed by atoms with Crippen LogP contribution >= 0.6 is 11.8 Å². The summed E-state index contributed by atoms with van der Waals surface area (Å²) < 4.78 is 15.8. The first-order valence-corrected chi connectivity index (χ1v) is 9.91. The van der Waals surface area contributed by atoms with Gasteiger partial charge in [-0.15, -0.1) is 11.8 Å². The van der Waals surface area contributed by atoms with E-state index in [9.17, 15) is 4.79 Å². The van der Waals surface area contributed by atoms with Crippen LogP contribution in [0.2, 0.25) is 0 Å². The fraction of sp³-hybridized carbons (Fsp3) is 0.381. The smallest absolute Gasteiger partial charge is 0.230 e. The number of rotatable bonds is 10. The molecule has 146 valence electrons. The van der Waals surface area contributed by atoms with Crippen LogP contribution in [-0.4, -0.2) is 39.5 Å². The molecule has 0 heterocycles. The van der Waals surface area contributed by atoms with Crippen LogP contribution in [0.1, 0.15) is 16.7 Å². The minimum atomic E-state index is 0.0478. The van der Waals surface area contributed by atoms with E-state index in [0.29, 0.717) is 18.0 Å². The van der Waals surface area contributed by atoms with Crippen molar-refractivity contribution in [3.05, 3.63) is 53.1 Å². The molecule has 0 aliphatic rings. The molecule has 0 bridgehead atoms. The first-order chi connectivity index (χ1) is 13.1. The first-order valence-electron chi connectivity index (χ1n) is 8.76. The van der Waals surface area contributed by atoms with E-state index < -0.39 is 0 Å². The van der Waals surface area contributed by atoms with Gasteiger partial charge in [-0.05, 0) is 54.3 Å². The fourth-order valence-corrected chi connectivity index (χ4v) is 3.54. The van der Waals surface area contributed by atoms with E-state index in [1.165, 1.54) is 5.56 Å². The van der Waals surface area contributed by atoms with E-state index in [0.717, 1.165) is 34.8 Å². The highest BCUT2D eigenvalue weighted by Gasteiger charge is 2.09. The number of methoxy groups -OCH3 is 3. The van der Waals surface area contributed by atoms with Gasteiger partial charge in [0, 0.05) is 12.3 Å². The zero-order valence-corrected chi connectivity index (χ0v) is 17.2. The number of carbonyl (C=O) groups is 1. The van der Waals surface area contributed by atoms with E-state index in [-0.39, 0.29) is 5.91 Å². The molecule has 0 aliphatic carbocycles. The van der Waals surface area contributed by atoms with Crippen molar-refractivity contribution in [2.45, 2.75) is 19.1 Å². The second-order valence-corrected chi connectivity index (χ2v) is 7.06. The van der Waals surface area contributed by atoms with Gasteiger partial charge in [0.2, 0.25) is 5.91 Å². The molecular weight excluding hydrogens is 362 g/mol. The van der Waals surface area contributed by atoms with Crippen molar-refractivity contribution >= 4 is 17.7 Å². The fourth-order valence-electron chi connectivity index (χ4n) is 2.62. The highest BCUT2D eigenvalue weighted by atomic mass is 32.2. The summed E-state index contributed by atoms with van der Waals surface area (Å²) in [6.45, 7) is 2.66. The summed E-state index contributed by atoms with van der Waals surface area (Å²) in [7, 11) is 4.90. The lowest BCUT2D eigenvalue weighted by molar-refractivity contribution is -0.118. The first kappa shape index (κ1) is 21.0. The Morgan fingerprint density at radius 2 is 1.67 bits per heavy atom. The molecule has 0 spiro atoms. The third-order valence-corrected chi connectivity index (χ3v) is 5.21. The summed E-state index contributed by atoms with van der Waals surface area (Å²) in [5.74, 6) is 3.49. The Morgan fingerprint density at radius 3 is 2.30 bits per heavy atom. The Morgan fingerprint density at radius 1 is 1.00 bits per heavy atom. The van der Waals surface area contributed by atoms with Gasteiger partial charge in [0.1, 0.15) is 5.75 Å². The highest BCUT2D eigenvalue weighted by Crippen LogP contribution is 2.31. The molecule has 5 nitrogen and oxygen atoms in total. The quantitative estimate of drug-likeness (QED) is 0.673. The Kier molecular flexibility index (Phi) is 8.33. The maximum Gasteiger partial charge on any atom is 0.230 e. The third-order valence-electron chi connectivity index (χ3n) is 4.23. The summed E-state index contributed by atoms with van der Waals surface area (Å²) in [6, 6.07) is 11.8. The molecule has 1 N–H and O–H groups in total. The molecular formula is C21H27NO4S. The van der Waals surface area contributed by atoms with Crippen LogP contribution in [0.4, 0.5) is 0 Å². The van der Waals surface area contributed by atoms with E-state index >= 15 is 0 Å². The Balaban J connectivity index is 1.74. The van der Waals surface area contributed by atoms with Gasteiger partial charge in [0.05, 0.1) is 27.1 Å². The number of hydrogen-bond donors (Lipinski definition) is 1. The Bertz CT molecular complexity index is 747. The SMILES string of the molecule is COc1ccc(CCNC(=O)CSCc2cc(OC)c(OC)cc2C)cc1. The molecule has 1 amide bonds. The van der Waals surface area contributed by atoms with Crippen LogP contribution in [0.3, 0.4) is 0 Å². The molecule has 0 radical (unpaired) electrons. The van der Waals surface area contributed by atoms with Crippen LogP contribution < -0.4 is 19.5 Å². The van der Waals surface area contributed by atoms with Gasteiger partial charge in [-0.2, -0.15) is 0 Å². The van der Waals surface area contributed by atoms with Crippen LogP contribution in [0.15, 0.2) is 36.4 Å². The van der Waals surface area contributed by atoms with E-state index in [2.05, 4.69) is 5.32 Å². The van der Waals surface area contributed by atoms with Crippen LogP contribution in [0.5, 0.6) is 17.2 Å². The highest BCUT2D eigenvalue weighted by molar-refractivity contribution is 7.99. The second kappa shape index (κ2) is 10.7. The normalized spacial score (nSPS) is 10.4. The van der Waals surface area contributed by atoms with Gasteiger partial charge in [-0.1, -0.05) is 12.1 Å². The number of thioether (sulfide) groups is 1. The number of carbonyl (C=O) groups excluding carboxylic acids is 1. The van der Waals surface area contributed by atoms with Crippen molar-refractivity contribution in [3.63, 3.8) is 0 Å². The number of ether oxygens (including phenoxy) is 3. The number of nitrogens with one attached hydrogen (secondary N) is 1. The molecule has 0 aromatic heterocycles. The van der Waals surface area contributed by atoms with Gasteiger partial charge in [0.15, 0.2) is 11.5 Å². The molecule has 2 rings (SSSR count). The monoisotopic (exact) mass is 389 g/mol. The summed E-state index contributed by atoms with van der Waals surface area (Å²) in [5, 5.41) is 2.97. The zero-order chi connectivity index (χ0) is 19.6. The Hall–Kier alpha value is -2.34. The number of amides is 1. The lowest BCUT2D eigenvalue weighted by Crippen LogP contribution is -2.27. The predicted octanol–water partition coefficient (Wildman–Crippen LogP) is 3.61. The van der Waals surface area contributed by atoms with Crippen molar-refractivity contribution in [1.29, 1.82) is 0 Å². The van der Waals surface area contributed by atoms with Crippen LogP contribution in [-0.2, 0) is 17.0 Å². The average molecular weight is 390 g/mol. The summed E-state index contributed by atoms with van der Waals surface area (Å²) in [4.78, 5) is 12.0. The largest absolute Gasteiger partial charge is 0.497 e. The average Bonchev–Trinajstić information content (AvgIpc) is 2.69. The maximum atomic E-state index is 12.0. The summed E-state index contributed by atoms with van der Waals surface area (Å²) >= 11 is 1.59. The van der Waals surface area contributed by atoms with Gasteiger partial charge in [0.25, 0.3) is 0 Å². The molecule has 0 unspecified atom stereocenters. The van der Waals surface area contributed by atoms with Crippen molar-refractivity contribution < 1.29 is 19.0 Å². The minimum absolute atomic E-state index is 0.0478. The summed E-state index contributed by atoms with van der Waals surface area (Å²) in [5.41, 5.74) is 3.44. The van der Waals surface area contributed by atoms with E-state index in [4.69, 9.17) is 14.2 Å². The minimum Gasteiger partial charge on any atom is -0.497 e. The number of benzene rings is 2. The van der Waals surface area contributed by atoms with E-state index in [1.807, 2.05) is 43.3 Å². The molecule has 0 aliphatic heterocycles. The predicted molar refractivity (Wildman–Crippen MR) is 110 cm³/mol. The molecule has 2 aromatic carbocycles. The van der Waals surface area contributed by atoms with Crippen molar-refractivity contribution in [3.8, 4) is 17.2 Å². The molecule has 27 heavy (non-hydrogen) atoms. The van der Waals surface area contributed by atoms with Gasteiger partial charge in [-0.25, -0.2) is 0 Å². The standard InChI is InChI=1S/C21H27NO4S/c1-15-11-19(25-3)20(26-4)12-17(15)13-27-14-21(23)22-10-9-16-5-7-18(24-2)8-6-16/h5-8,11-12H,9-10,13-14H2,1-4H3,(H,22,23). The van der Waals surface area contributed by atoms with Crippen LogP contribution in [0.25, 0.3) is 0 Å². The van der Waals surface area contributed by atoms with Crippen molar-refractivity contribution in [2.24, 2.45) is 0 Å². The Labute approximate surface area is 165 Å². The van der Waals surface area contributed by atoms with Crippen molar-refractivity contribution in [1.82, 2.24) is 5.32 Å². The molecule has 0 saturated heterocycles.